The minimum atomic E-state index is -0.588. The van der Waals surface area contributed by atoms with Gasteiger partial charge in [-0.25, -0.2) is 4.98 Å². The molecule has 8 heteroatoms. The average Bonchev–Trinajstić information content (AvgIpc) is 2.52. The molecule has 0 unspecified atom stereocenters. The third-order valence-corrected chi connectivity index (χ3v) is 4.13. The van der Waals surface area contributed by atoms with E-state index in [1.54, 1.807) is 12.1 Å². The van der Waals surface area contributed by atoms with Gasteiger partial charge in [-0.15, -0.1) is 0 Å². The summed E-state index contributed by atoms with van der Waals surface area (Å²) in [5.41, 5.74) is 0.596. The minimum absolute atomic E-state index is 0.00439. The third kappa shape index (κ3) is 3.47. The second-order valence-corrected chi connectivity index (χ2v) is 5.51. The van der Waals surface area contributed by atoms with Gasteiger partial charge in [0.15, 0.2) is 5.03 Å². The maximum Gasteiger partial charge on any atom is 0.318 e. The molecule has 112 valence electrons. The molecule has 1 aromatic carbocycles. The highest BCUT2D eigenvalue weighted by molar-refractivity contribution is 7.98. The Hall–Kier alpha value is -2.30. The quantitative estimate of drug-likeness (QED) is 0.469. The van der Waals surface area contributed by atoms with E-state index in [2.05, 4.69) is 4.98 Å². The lowest BCUT2D eigenvalue weighted by Crippen LogP contribution is -1.97. The maximum absolute atomic E-state index is 11.1. The van der Waals surface area contributed by atoms with Crippen LogP contribution in [0, 0.1) is 21.4 Å². The van der Waals surface area contributed by atoms with Crippen LogP contribution in [0.2, 0.25) is 5.02 Å². The Labute approximate surface area is 135 Å². The monoisotopic (exact) mass is 335 g/mol. The van der Waals surface area contributed by atoms with Crippen LogP contribution in [-0.4, -0.2) is 17.0 Å². The molecule has 22 heavy (non-hydrogen) atoms. The first kappa shape index (κ1) is 16.1. The molecule has 0 aliphatic rings. The molecule has 0 saturated heterocycles. The number of pyridine rings is 1. The number of ether oxygens (including phenoxy) is 1. The molecule has 1 heterocycles. The lowest BCUT2D eigenvalue weighted by molar-refractivity contribution is -0.388. The van der Waals surface area contributed by atoms with Crippen molar-refractivity contribution in [2.24, 2.45) is 0 Å². The van der Waals surface area contributed by atoms with Crippen molar-refractivity contribution >= 4 is 29.1 Å². The summed E-state index contributed by atoms with van der Waals surface area (Å²) in [6.07, 6.45) is 1.38. The van der Waals surface area contributed by atoms with Crippen molar-refractivity contribution < 1.29 is 9.66 Å². The van der Waals surface area contributed by atoms with Gasteiger partial charge >= 0.3 is 5.69 Å². The van der Waals surface area contributed by atoms with Gasteiger partial charge in [-0.05, 0) is 23.8 Å². The summed E-state index contributed by atoms with van der Waals surface area (Å²) >= 11 is 7.22. The fraction of sp³-hybridized carbons (Fsp3) is 0.143. The number of nitro groups is 1. The van der Waals surface area contributed by atoms with Crippen LogP contribution in [0.4, 0.5) is 5.69 Å². The second kappa shape index (κ2) is 7.11. The highest BCUT2D eigenvalue weighted by Gasteiger charge is 2.21. The van der Waals surface area contributed by atoms with Gasteiger partial charge in [-0.2, -0.15) is 5.26 Å². The Balaban J connectivity index is 2.24. The maximum atomic E-state index is 11.1. The van der Waals surface area contributed by atoms with Crippen LogP contribution in [0.5, 0.6) is 5.75 Å². The second-order valence-electron chi connectivity index (χ2n) is 4.14. The third-order valence-electron chi connectivity index (χ3n) is 2.79. The largest absolute Gasteiger partial charge is 0.495 e. The van der Waals surface area contributed by atoms with Gasteiger partial charge < -0.3 is 4.74 Å². The zero-order valence-corrected chi connectivity index (χ0v) is 13.0. The Bertz CT molecular complexity index is 761. The van der Waals surface area contributed by atoms with Gasteiger partial charge in [0.25, 0.3) is 0 Å². The molecule has 1 aromatic heterocycles. The van der Waals surface area contributed by atoms with Crippen LogP contribution < -0.4 is 4.74 Å². The van der Waals surface area contributed by atoms with E-state index in [-0.39, 0.29) is 16.3 Å². The molecule has 0 spiro atoms. The highest BCUT2D eigenvalue weighted by atomic mass is 35.5. The number of nitrogens with zero attached hydrogens (tertiary/aromatic N) is 3. The van der Waals surface area contributed by atoms with Crippen LogP contribution in [0.25, 0.3) is 0 Å². The standard InChI is InChI=1S/C14H10ClN3O3S/c1-21-12-3-2-9(6-11(12)15)8-22-14-13(18(19)20)10(7-16)4-5-17-14/h2-6H,8H2,1H3. The lowest BCUT2D eigenvalue weighted by Gasteiger charge is -2.06. The minimum Gasteiger partial charge on any atom is -0.495 e. The lowest BCUT2D eigenvalue weighted by atomic mass is 10.2. The molecule has 0 amide bonds. The molecule has 0 fully saturated rings. The van der Waals surface area contributed by atoms with Gasteiger partial charge in [-0.3, -0.25) is 10.1 Å². The van der Waals surface area contributed by atoms with Crippen molar-refractivity contribution in [3.8, 4) is 11.8 Å². The van der Waals surface area contributed by atoms with E-state index >= 15 is 0 Å². The molecule has 0 aliphatic heterocycles. The summed E-state index contributed by atoms with van der Waals surface area (Å²) in [5, 5.41) is 20.7. The molecule has 0 atom stereocenters. The average molecular weight is 336 g/mol. The summed E-state index contributed by atoms with van der Waals surface area (Å²) in [5.74, 6) is 0.998. The van der Waals surface area contributed by atoms with E-state index in [0.29, 0.717) is 16.5 Å². The van der Waals surface area contributed by atoms with Crippen LogP contribution in [0.15, 0.2) is 35.5 Å². The number of halogens is 1. The first-order valence-electron chi connectivity index (χ1n) is 6.05. The topological polar surface area (TPSA) is 89.0 Å². The smallest absolute Gasteiger partial charge is 0.318 e. The zero-order chi connectivity index (χ0) is 16.1. The molecule has 6 nitrogen and oxygen atoms in total. The van der Waals surface area contributed by atoms with Gasteiger partial charge in [0.05, 0.1) is 17.1 Å². The molecule has 0 N–H and O–H groups in total. The first-order valence-corrected chi connectivity index (χ1v) is 7.42. The van der Waals surface area contributed by atoms with Crippen molar-refractivity contribution in [3.05, 3.63) is 56.7 Å². The molecule has 2 rings (SSSR count). The number of hydrogen-bond acceptors (Lipinski definition) is 6. The Morgan fingerprint density at radius 3 is 2.86 bits per heavy atom. The molecule has 0 radical (unpaired) electrons. The van der Waals surface area contributed by atoms with E-state index in [1.807, 2.05) is 12.1 Å². The summed E-state index contributed by atoms with van der Waals surface area (Å²) in [7, 11) is 1.52. The van der Waals surface area contributed by atoms with Crippen molar-refractivity contribution in [1.82, 2.24) is 4.98 Å². The highest BCUT2D eigenvalue weighted by Crippen LogP contribution is 2.33. The van der Waals surface area contributed by atoms with E-state index in [1.165, 1.54) is 31.1 Å². The Morgan fingerprint density at radius 1 is 1.50 bits per heavy atom. The van der Waals surface area contributed by atoms with E-state index in [9.17, 15) is 10.1 Å². The fourth-order valence-electron chi connectivity index (χ4n) is 1.76. The van der Waals surface area contributed by atoms with Crippen LogP contribution in [-0.2, 0) is 5.75 Å². The van der Waals surface area contributed by atoms with Crippen LogP contribution >= 0.6 is 23.4 Å². The van der Waals surface area contributed by atoms with Crippen molar-refractivity contribution in [2.75, 3.05) is 7.11 Å². The molecule has 2 aromatic rings. The predicted octanol–water partition coefficient (Wildman–Crippen LogP) is 3.82. The van der Waals surface area contributed by atoms with Crippen molar-refractivity contribution in [1.29, 1.82) is 5.26 Å². The number of nitriles is 1. The summed E-state index contributed by atoms with van der Waals surface area (Å²) in [6, 6.07) is 8.41. The number of rotatable bonds is 5. The molecule has 0 saturated carbocycles. The van der Waals surface area contributed by atoms with E-state index in [4.69, 9.17) is 21.6 Å². The number of benzene rings is 1. The molecule has 0 bridgehead atoms. The fourth-order valence-corrected chi connectivity index (χ4v) is 2.98. The Kier molecular flexibility index (Phi) is 5.20. The summed E-state index contributed by atoms with van der Waals surface area (Å²) < 4.78 is 5.07. The summed E-state index contributed by atoms with van der Waals surface area (Å²) in [6.45, 7) is 0. The first-order chi connectivity index (χ1) is 10.6. The van der Waals surface area contributed by atoms with Crippen LogP contribution in [0.3, 0.4) is 0 Å². The molecular formula is C14H10ClN3O3S. The van der Waals surface area contributed by atoms with Crippen molar-refractivity contribution in [2.45, 2.75) is 10.8 Å². The van der Waals surface area contributed by atoms with Gasteiger partial charge in [0, 0.05) is 11.9 Å². The number of thioether (sulfide) groups is 1. The predicted molar refractivity (Wildman–Crippen MR) is 83.2 cm³/mol. The van der Waals surface area contributed by atoms with Crippen molar-refractivity contribution in [3.63, 3.8) is 0 Å². The molecular weight excluding hydrogens is 326 g/mol. The van der Waals surface area contributed by atoms with E-state index in [0.717, 1.165) is 5.56 Å². The SMILES string of the molecule is COc1ccc(CSc2nccc(C#N)c2[N+](=O)[O-])cc1Cl. The normalized spacial score (nSPS) is 10.0. The number of methoxy groups -OCH3 is 1. The van der Waals surface area contributed by atoms with Gasteiger partial charge in [0.2, 0.25) is 0 Å². The number of aromatic nitrogens is 1. The Morgan fingerprint density at radius 2 is 2.27 bits per heavy atom. The molecule has 0 aliphatic carbocycles. The van der Waals surface area contributed by atoms with Gasteiger partial charge in [0.1, 0.15) is 17.4 Å². The number of hydrogen-bond donors (Lipinski definition) is 0. The van der Waals surface area contributed by atoms with Crippen LogP contribution in [0.1, 0.15) is 11.1 Å². The zero-order valence-electron chi connectivity index (χ0n) is 11.4. The van der Waals surface area contributed by atoms with E-state index < -0.39 is 4.92 Å². The summed E-state index contributed by atoms with van der Waals surface area (Å²) in [4.78, 5) is 14.5. The van der Waals surface area contributed by atoms with Gasteiger partial charge in [-0.1, -0.05) is 29.4 Å².